The van der Waals surface area contributed by atoms with Crippen molar-refractivity contribution in [3.8, 4) is 0 Å². The zero-order chi connectivity index (χ0) is 14.4. The van der Waals surface area contributed by atoms with E-state index in [9.17, 15) is 4.79 Å². The standard InChI is InChI=1S/C15H28N2O3/c18-7-3-6-16-13-8-12(9-15(19)20)10-17(11-13)14-4-1-2-5-14/h12-14,16,18H,1-11H2,(H,19,20). The van der Waals surface area contributed by atoms with Crippen LogP contribution in [0.3, 0.4) is 0 Å². The van der Waals surface area contributed by atoms with Crippen molar-refractivity contribution in [1.82, 2.24) is 10.2 Å². The third-order valence-electron chi connectivity index (χ3n) is 4.64. The normalized spacial score (nSPS) is 28.9. The third-order valence-corrected chi connectivity index (χ3v) is 4.64. The van der Waals surface area contributed by atoms with Gasteiger partial charge in [0, 0.05) is 38.2 Å². The molecular formula is C15H28N2O3. The molecule has 3 N–H and O–H groups in total. The van der Waals surface area contributed by atoms with E-state index < -0.39 is 5.97 Å². The number of piperidine rings is 1. The second-order valence-corrected chi connectivity index (χ2v) is 6.32. The Morgan fingerprint density at radius 1 is 1.25 bits per heavy atom. The minimum Gasteiger partial charge on any atom is -0.481 e. The minimum absolute atomic E-state index is 0.213. The summed E-state index contributed by atoms with van der Waals surface area (Å²) in [6.07, 6.45) is 7.15. The lowest BCUT2D eigenvalue weighted by atomic mass is 9.90. The molecule has 20 heavy (non-hydrogen) atoms. The highest BCUT2D eigenvalue weighted by Gasteiger charge is 2.33. The average molecular weight is 284 g/mol. The van der Waals surface area contributed by atoms with Gasteiger partial charge in [0.15, 0.2) is 0 Å². The van der Waals surface area contributed by atoms with Crippen molar-refractivity contribution in [3.63, 3.8) is 0 Å². The summed E-state index contributed by atoms with van der Waals surface area (Å²) in [6.45, 7) is 3.01. The van der Waals surface area contributed by atoms with E-state index >= 15 is 0 Å². The largest absolute Gasteiger partial charge is 0.481 e. The van der Waals surface area contributed by atoms with Crippen molar-refractivity contribution in [1.29, 1.82) is 0 Å². The van der Waals surface area contributed by atoms with Gasteiger partial charge in [-0.25, -0.2) is 0 Å². The molecule has 0 aromatic rings. The SMILES string of the molecule is O=C(O)CC1CC(NCCCO)CN(C2CCCC2)C1. The maximum atomic E-state index is 11.0. The maximum absolute atomic E-state index is 11.0. The highest BCUT2D eigenvalue weighted by Crippen LogP contribution is 2.29. The number of hydrogen-bond donors (Lipinski definition) is 3. The summed E-state index contributed by atoms with van der Waals surface area (Å²) in [5.41, 5.74) is 0. The molecule has 2 rings (SSSR count). The summed E-state index contributed by atoms with van der Waals surface area (Å²) in [7, 11) is 0. The monoisotopic (exact) mass is 284 g/mol. The molecule has 0 spiro atoms. The van der Waals surface area contributed by atoms with E-state index in [2.05, 4.69) is 10.2 Å². The maximum Gasteiger partial charge on any atom is 0.303 e. The van der Waals surface area contributed by atoms with Crippen LogP contribution in [-0.2, 0) is 4.79 Å². The fourth-order valence-corrected chi connectivity index (χ4v) is 3.74. The van der Waals surface area contributed by atoms with Gasteiger partial charge in [-0.15, -0.1) is 0 Å². The van der Waals surface area contributed by atoms with Crippen LogP contribution in [0.1, 0.15) is 44.9 Å². The number of carboxylic acid groups (broad SMARTS) is 1. The molecule has 2 aliphatic rings. The molecule has 1 saturated heterocycles. The van der Waals surface area contributed by atoms with Gasteiger partial charge in [-0.2, -0.15) is 0 Å². The Labute approximate surface area is 121 Å². The summed E-state index contributed by atoms with van der Waals surface area (Å²) in [4.78, 5) is 13.5. The molecular weight excluding hydrogens is 256 g/mol. The summed E-state index contributed by atoms with van der Waals surface area (Å²) < 4.78 is 0. The highest BCUT2D eigenvalue weighted by atomic mass is 16.4. The quantitative estimate of drug-likeness (QED) is 0.610. The number of rotatable bonds is 7. The van der Waals surface area contributed by atoms with Crippen LogP contribution in [0.4, 0.5) is 0 Å². The number of carboxylic acids is 1. The molecule has 116 valence electrons. The zero-order valence-electron chi connectivity index (χ0n) is 12.3. The fourth-order valence-electron chi connectivity index (χ4n) is 3.74. The number of aliphatic hydroxyl groups excluding tert-OH is 1. The van der Waals surface area contributed by atoms with Gasteiger partial charge in [-0.05, 0) is 38.1 Å². The van der Waals surface area contributed by atoms with E-state index in [4.69, 9.17) is 10.2 Å². The Hall–Kier alpha value is -0.650. The van der Waals surface area contributed by atoms with Crippen LogP contribution in [0, 0.1) is 5.92 Å². The number of nitrogens with zero attached hydrogens (tertiary/aromatic N) is 1. The zero-order valence-corrected chi connectivity index (χ0v) is 12.3. The summed E-state index contributed by atoms with van der Waals surface area (Å²) >= 11 is 0. The smallest absolute Gasteiger partial charge is 0.303 e. The number of aliphatic carboxylic acids is 1. The van der Waals surface area contributed by atoms with Gasteiger partial charge in [0.05, 0.1) is 0 Å². The van der Waals surface area contributed by atoms with Gasteiger partial charge in [0.25, 0.3) is 0 Å². The van der Waals surface area contributed by atoms with Crippen molar-refractivity contribution in [2.45, 2.75) is 57.0 Å². The molecule has 0 radical (unpaired) electrons. The van der Waals surface area contributed by atoms with Crippen LogP contribution in [0.25, 0.3) is 0 Å². The molecule has 5 nitrogen and oxygen atoms in total. The molecule has 1 aliphatic heterocycles. The summed E-state index contributed by atoms with van der Waals surface area (Å²) in [5.74, 6) is -0.425. The van der Waals surface area contributed by atoms with E-state index in [0.29, 0.717) is 12.1 Å². The van der Waals surface area contributed by atoms with Crippen molar-refractivity contribution in [2.75, 3.05) is 26.2 Å². The topological polar surface area (TPSA) is 72.8 Å². The summed E-state index contributed by atoms with van der Waals surface area (Å²) in [5, 5.41) is 21.4. The van der Waals surface area contributed by atoms with Crippen molar-refractivity contribution in [3.05, 3.63) is 0 Å². The molecule has 1 saturated carbocycles. The molecule has 0 amide bonds. The Bertz CT molecular complexity index is 305. The van der Waals surface area contributed by atoms with E-state index in [0.717, 1.165) is 32.5 Å². The lowest BCUT2D eigenvalue weighted by molar-refractivity contribution is -0.138. The fraction of sp³-hybridized carbons (Fsp3) is 0.933. The lowest BCUT2D eigenvalue weighted by Crippen LogP contribution is -2.52. The molecule has 2 fully saturated rings. The second-order valence-electron chi connectivity index (χ2n) is 6.32. The molecule has 1 aliphatic carbocycles. The highest BCUT2D eigenvalue weighted by molar-refractivity contribution is 5.67. The Morgan fingerprint density at radius 2 is 2.00 bits per heavy atom. The van der Waals surface area contributed by atoms with Crippen LogP contribution in [0.2, 0.25) is 0 Å². The third kappa shape index (κ3) is 4.72. The molecule has 1 heterocycles. The van der Waals surface area contributed by atoms with Gasteiger partial charge in [-0.3, -0.25) is 9.69 Å². The van der Waals surface area contributed by atoms with E-state index in [-0.39, 0.29) is 18.9 Å². The second kappa shape index (κ2) is 7.96. The summed E-state index contributed by atoms with van der Waals surface area (Å²) in [6, 6.07) is 1.04. The van der Waals surface area contributed by atoms with Gasteiger partial charge < -0.3 is 15.5 Å². The van der Waals surface area contributed by atoms with E-state index in [1.807, 2.05) is 0 Å². The van der Waals surface area contributed by atoms with Crippen LogP contribution in [0.15, 0.2) is 0 Å². The first-order chi connectivity index (χ1) is 9.69. The number of nitrogens with one attached hydrogen (secondary N) is 1. The van der Waals surface area contributed by atoms with E-state index in [1.54, 1.807) is 0 Å². The van der Waals surface area contributed by atoms with Crippen LogP contribution >= 0.6 is 0 Å². The Balaban J connectivity index is 1.88. The van der Waals surface area contributed by atoms with Crippen molar-refractivity contribution in [2.24, 2.45) is 5.92 Å². The molecule has 0 aromatic heterocycles. The van der Waals surface area contributed by atoms with Crippen LogP contribution < -0.4 is 5.32 Å². The Kier molecular flexibility index (Phi) is 6.26. The molecule has 2 unspecified atom stereocenters. The molecule has 0 aromatic carbocycles. The van der Waals surface area contributed by atoms with Gasteiger partial charge >= 0.3 is 5.97 Å². The number of aliphatic hydroxyl groups is 1. The molecule has 0 bridgehead atoms. The predicted molar refractivity (Wildman–Crippen MR) is 77.7 cm³/mol. The predicted octanol–water partition coefficient (Wildman–Crippen LogP) is 1.07. The van der Waals surface area contributed by atoms with Crippen molar-refractivity contribution >= 4 is 5.97 Å². The number of hydrogen-bond acceptors (Lipinski definition) is 4. The van der Waals surface area contributed by atoms with Gasteiger partial charge in [0.2, 0.25) is 0 Å². The molecule has 5 heteroatoms. The van der Waals surface area contributed by atoms with Crippen LogP contribution in [-0.4, -0.2) is 59.4 Å². The first-order valence-electron chi connectivity index (χ1n) is 7.99. The first kappa shape index (κ1) is 15.7. The minimum atomic E-state index is -0.683. The lowest BCUT2D eigenvalue weighted by Gasteiger charge is -2.41. The van der Waals surface area contributed by atoms with Crippen molar-refractivity contribution < 1.29 is 15.0 Å². The number of likely N-dealkylation sites (tertiary alicyclic amines) is 1. The van der Waals surface area contributed by atoms with Gasteiger partial charge in [-0.1, -0.05) is 12.8 Å². The first-order valence-corrected chi connectivity index (χ1v) is 7.99. The number of carbonyl (C=O) groups is 1. The van der Waals surface area contributed by atoms with Crippen LogP contribution in [0.5, 0.6) is 0 Å². The average Bonchev–Trinajstić information content (AvgIpc) is 2.92. The van der Waals surface area contributed by atoms with Gasteiger partial charge in [0.1, 0.15) is 0 Å². The molecule has 2 atom stereocenters. The van der Waals surface area contributed by atoms with E-state index in [1.165, 1.54) is 25.7 Å². The Morgan fingerprint density at radius 3 is 2.65 bits per heavy atom.